The van der Waals surface area contributed by atoms with Gasteiger partial charge in [-0.15, -0.1) is 0 Å². The van der Waals surface area contributed by atoms with Crippen molar-refractivity contribution in [1.82, 2.24) is 10.2 Å². The normalized spacial score (nSPS) is 13.0. The number of hydrogen-bond donors (Lipinski definition) is 2. The summed E-state index contributed by atoms with van der Waals surface area (Å²) in [7, 11) is 0. The molecule has 0 aromatic heterocycles. The van der Waals surface area contributed by atoms with Crippen LogP contribution in [0.2, 0.25) is 0 Å². The molecule has 27 heavy (non-hydrogen) atoms. The molecule has 0 spiro atoms. The summed E-state index contributed by atoms with van der Waals surface area (Å²) in [6.07, 6.45) is -0.585. The quantitative estimate of drug-likeness (QED) is 0.816. The molecule has 0 saturated heterocycles. The van der Waals surface area contributed by atoms with Crippen molar-refractivity contribution in [3.8, 4) is 11.5 Å². The number of guanidine groups is 1. The maximum absolute atomic E-state index is 11.6. The van der Waals surface area contributed by atoms with Crippen LogP contribution in [0.5, 0.6) is 11.5 Å². The van der Waals surface area contributed by atoms with E-state index in [9.17, 15) is 4.79 Å². The van der Waals surface area contributed by atoms with Gasteiger partial charge in [0.2, 0.25) is 0 Å². The first-order valence-corrected chi connectivity index (χ1v) is 8.90. The van der Waals surface area contributed by atoms with Crippen LogP contribution in [0.4, 0.5) is 10.5 Å². The Morgan fingerprint density at radius 2 is 2.00 bits per heavy atom. The number of rotatable bonds is 6. The van der Waals surface area contributed by atoms with Crippen LogP contribution in [0.1, 0.15) is 19.4 Å². The van der Waals surface area contributed by atoms with Gasteiger partial charge in [-0.05, 0) is 44.2 Å². The van der Waals surface area contributed by atoms with E-state index in [0.717, 1.165) is 22.7 Å². The third kappa shape index (κ3) is 5.13. The van der Waals surface area contributed by atoms with Gasteiger partial charge < -0.3 is 25.4 Å². The van der Waals surface area contributed by atoms with Crippen LogP contribution in [0.3, 0.4) is 0 Å². The molecule has 2 aromatic rings. The topological polar surface area (TPSA) is 89.2 Å². The number of fused-ring (bicyclic) bond motifs is 1. The summed E-state index contributed by atoms with van der Waals surface area (Å²) in [5.74, 6) is 1.95. The highest BCUT2D eigenvalue weighted by Gasteiger charge is 2.18. The van der Waals surface area contributed by atoms with Crippen molar-refractivity contribution in [1.29, 1.82) is 0 Å². The average molecular weight is 368 g/mol. The second kappa shape index (κ2) is 8.44. The average Bonchev–Trinajstić information content (AvgIpc) is 2.62. The molecule has 3 rings (SSSR count). The van der Waals surface area contributed by atoms with Gasteiger partial charge in [-0.2, -0.15) is 0 Å². The lowest BCUT2D eigenvalue weighted by atomic mass is 10.1. The van der Waals surface area contributed by atoms with Gasteiger partial charge in [0.25, 0.3) is 0 Å². The Hall–Kier alpha value is -3.22. The lowest BCUT2D eigenvalue weighted by molar-refractivity contribution is 0.115. The number of hydrogen-bond acceptors (Lipinski definition) is 6. The number of ether oxygens (including phenoxy) is 2. The number of carbonyl (C=O) groups is 1. The molecule has 0 saturated carbocycles. The Balaban J connectivity index is 1.61. The van der Waals surface area contributed by atoms with Gasteiger partial charge in [-0.25, -0.2) is 9.79 Å². The van der Waals surface area contributed by atoms with E-state index in [1.54, 1.807) is 13.8 Å². The molecule has 1 aliphatic rings. The number of benzene rings is 2. The van der Waals surface area contributed by atoms with Crippen LogP contribution < -0.4 is 15.8 Å². The second-order valence-electron chi connectivity index (χ2n) is 6.48. The van der Waals surface area contributed by atoms with E-state index in [1.165, 1.54) is 0 Å². The molecule has 1 aliphatic heterocycles. The molecule has 7 nitrogen and oxygen atoms in total. The van der Waals surface area contributed by atoms with Crippen LogP contribution in [-0.2, 0) is 11.3 Å². The maximum atomic E-state index is 11.6. The van der Waals surface area contributed by atoms with E-state index >= 15 is 0 Å². The zero-order valence-electron chi connectivity index (χ0n) is 15.5. The minimum atomic E-state index is -0.434. The van der Waals surface area contributed by atoms with Crippen LogP contribution in [-0.4, -0.2) is 36.1 Å². The molecule has 7 heteroatoms. The Bertz CT molecular complexity index is 821. The molecule has 0 atom stereocenters. The Morgan fingerprint density at radius 3 is 2.74 bits per heavy atom. The van der Waals surface area contributed by atoms with Crippen molar-refractivity contribution >= 4 is 17.7 Å². The fraction of sp³-hybridized carbons (Fsp3) is 0.300. The van der Waals surface area contributed by atoms with Gasteiger partial charge in [-0.3, -0.25) is 0 Å². The Kier molecular flexibility index (Phi) is 5.80. The monoisotopic (exact) mass is 368 g/mol. The minimum absolute atomic E-state index is 0.151. The highest BCUT2D eigenvalue weighted by atomic mass is 16.6. The number of aliphatic imine (C=N–C) groups is 1. The third-order valence-electron chi connectivity index (χ3n) is 3.94. The van der Waals surface area contributed by atoms with E-state index < -0.39 is 6.09 Å². The lowest BCUT2D eigenvalue weighted by Crippen LogP contribution is -2.43. The Labute approximate surface area is 158 Å². The van der Waals surface area contributed by atoms with Crippen molar-refractivity contribution in [2.75, 3.05) is 13.1 Å². The predicted molar refractivity (Wildman–Crippen MR) is 104 cm³/mol. The zero-order chi connectivity index (χ0) is 19.2. The summed E-state index contributed by atoms with van der Waals surface area (Å²) in [6, 6.07) is 15.4. The van der Waals surface area contributed by atoms with E-state index in [2.05, 4.69) is 10.3 Å². The van der Waals surface area contributed by atoms with Crippen molar-refractivity contribution in [3.63, 3.8) is 0 Å². The van der Waals surface area contributed by atoms with Crippen LogP contribution >= 0.6 is 0 Å². The summed E-state index contributed by atoms with van der Waals surface area (Å²) in [5, 5.41) is 2.71. The minimum Gasteiger partial charge on any atom is -0.457 e. The van der Waals surface area contributed by atoms with Crippen molar-refractivity contribution < 1.29 is 14.3 Å². The van der Waals surface area contributed by atoms with E-state index in [-0.39, 0.29) is 6.10 Å². The van der Waals surface area contributed by atoms with Gasteiger partial charge >= 0.3 is 6.09 Å². The largest absolute Gasteiger partial charge is 0.457 e. The number of carbonyl (C=O) groups excluding carboxylic acids is 1. The standard InChI is InChI=1S/C20H24N4O3/c1-14(2)26-20(25)22-10-11-24-13-15-12-17(8-9-18(15)23-19(24)21)27-16-6-4-3-5-7-16/h3-9,12,14H,10-11,13H2,1-2H3,(H2,21,23)(H,22,25). The molecule has 0 bridgehead atoms. The van der Waals surface area contributed by atoms with Crippen molar-refractivity contribution in [3.05, 3.63) is 54.1 Å². The first-order valence-electron chi connectivity index (χ1n) is 8.90. The first kappa shape index (κ1) is 18.6. The summed E-state index contributed by atoms with van der Waals surface area (Å²) < 4.78 is 10.9. The van der Waals surface area contributed by atoms with Gasteiger partial charge in [0, 0.05) is 25.2 Å². The zero-order valence-corrected chi connectivity index (χ0v) is 15.5. The molecule has 0 unspecified atom stereocenters. The van der Waals surface area contributed by atoms with E-state index in [4.69, 9.17) is 15.2 Å². The molecular formula is C20H24N4O3. The molecule has 1 heterocycles. The highest BCUT2D eigenvalue weighted by molar-refractivity contribution is 5.83. The summed E-state index contributed by atoms with van der Waals surface area (Å²) in [4.78, 5) is 17.9. The van der Waals surface area contributed by atoms with Crippen molar-refractivity contribution in [2.24, 2.45) is 10.7 Å². The van der Waals surface area contributed by atoms with Crippen LogP contribution in [0.25, 0.3) is 0 Å². The van der Waals surface area contributed by atoms with Gasteiger partial charge in [0.15, 0.2) is 5.96 Å². The van der Waals surface area contributed by atoms with Crippen molar-refractivity contribution in [2.45, 2.75) is 26.5 Å². The first-order chi connectivity index (χ1) is 13.0. The second-order valence-corrected chi connectivity index (χ2v) is 6.48. The number of nitrogens with zero attached hydrogens (tertiary/aromatic N) is 2. The number of amides is 1. The number of nitrogens with two attached hydrogens (primary N) is 1. The smallest absolute Gasteiger partial charge is 0.407 e. The molecular weight excluding hydrogens is 344 g/mol. The predicted octanol–water partition coefficient (Wildman–Crippen LogP) is 3.38. The molecule has 0 aliphatic carbocycles. The number of alkyl carbamates (subject to hydrolysis) is 1. The molecule has 2 aromatic carbocycles. The van der Waals surface area contributed by atoms with Gasteiger partial charge in [0.1, 0.15) is 11.5 Å². The van der Waals surface area contributed by atoms with Gasteiger partial charge in [-0.1, -0.05) is 18.2 Å². The summed E-state index contributed by atoms with van der Waals surface area (Å²) in [5.41, 5.74) is 7.90. The van der Waals surface area contributed by atoms with Crippen LogP contribution in [0, 0.1) is 0 Å². The number of para-hydroxylation sites is 1. The van der Waals surface area contributed by atoms with E-state index in [0.29, 0.717) is 25.6 Å². The molecule has 0 fully saturated rings. The van der Waals surface area contributed by atoms with Crippen LogP contribution in [0.15, 0.2) is 53.5 Å². The maximum Gasteiger partial charge on any atom is 0.407 e. The summed E-state index contributed by atoms with van der Waals surface area (Å²) >= 11 is 0. The fourth-order valence-electron chi connectivity index (χ4n) is 2.71. The molecule has 142 valence electrons. The van der Waals surface area contributed by atoms with Gasteiger partial charge in [0.05, 0.1) is 11.8 Å². The summed E-state index contributed by atoms with van der Waals surface area (Å²) in [6.45, 7) is 5.16. The number of nitrogens with one attached hydrogen (secondary N) is 1. The molecule has 1 amide bonds. The van der Waals surface area contributed by atoms with E-state index in [1.807, 2.05) is 53.4 Å². The fourth-order valence-corrected chi connectivity index (χ4v) is 2.71. The lowest BCUT2D eigenvalue weighted by Gasteiger charge is -2.28. The SMILES string of the molecule is CC(C)OC(=O)NCCN1Cc2cc(Oc3ccccc3)ccc2N=C1N. The Morgan fingerprint density at radius 1 is 1.22 bits per heavy atom. The third-order valence-corrected chi connectivity index (χ3v) is 3.94. The highest BCUT2D eigenvalue weighted by Crippen LogP contribution is 2.31. The molecule has 0 radical (unpaired) electrons. The molecule has 3 N–H and O–H groups in total.